The van der Waals surface area contributed by atoms with E-state index in [2.05, 4.69) is 0 Å². The van der Waals surface area contributed by atoms with Crippen LogP contribution in [0.5, 0.6) is 0 Å². The van der Waals surface area contributed by atoms with Crippen molar-refractivity contribution in [1.29, 1.82) is 0 Å². The number of fused-ring (bicyclic) bond motifs is 1. The molecule has 0 bridgehead atoms. The number of ketones is 1. The van der Waals surface area contributed by atoms with Crippen LogP contribution in [0, 0.1) is 5.82 Å². The van der Waals surface area contributed by atoms with Gasteiger partial charge in [-0.25, -0.2) is 9.18 Å². The topological polar surface area (TPSA) is 46.6 Å². The third-order valence-electron chi connectivity index (χ3n) is 4.68. The van der Waals surface area contributed by atoms with Gasteiger partial charge in [-0.3, -0.25) is 4.79 Å². The van der Waals surface area contributed by atoms with E-state index in [0.717, 1.165) is 16.9 Å². The summed E-state index contributed by atoms with van der Waals surface area (Å²) in [6.45, 7) is 3.65. The number of hydrogen-bond donors (Lipinski definition) is 0. The van der Waals surface area contributed by atoms with Crippen molar-refractivity contribution >= 4 is 17.4 Å². The van der Waals surface area contributed by atoms with Gasteiger partial charge in [0.15, 0.2) is 12.4 Å². The van der Waals surface area contributed by atoms with Crippen molar-refractivity contribution < 1.29 is 18.7 Å². The van der Waals surface area contributed by atoms with Crippen molar-refractivity contribution in [2.45, 2.75) is 19.3 Å². The summed E-state index contributed by atoms with van der Waals surface area (Å²) in [6.07, 6.45) is 1.49. The molecule has 0 atom stereocenters. The van der Waals surface area contributed by atoms with E-state index < -0.39 is 18.4 Å². The summed E-state index contributed by atoms with van der Waals surface area (Å²) in [5, 5.41) is 0. The molecule has 0 N–H and O–H groups in total. The number of benzene rings is 2. The number of anilines is 1. The van der Waals surface area contributed by atoms with Gasteiger partial charge in [-0.2, -0.15) is 0 Å². The molecule has 3 rings (SSSR count). The lowest BCUT2D eigenvalue weighted by Crippen LogP contribution is -2.25. The molecule has 2 aromatic rings. The zero-order chi connectivity index (χ0) is 18.9. The molecular weight excluding hydrogens is 333 g/mol. The van der Waals surface area contributed by atoms with Gasteiger partial charge in [-0.15, -0.1) is 0 Å². The summed E-state index contributed by atoms with van der Waals surface area (Å²) in [5.74, 6) is -1.87. The van der Waals surface area contributed by atoms with Crippen LogP contribution in [0.3, 0.4) is 0 Å². The lowest BCUT2D eigenvalue weighted by Gasteiger charge is -2.23. The van der Waals surface area contributed by atoms with E-state index in [-0.39, 0.29) is 16.8 Å². The van der Waals surface area contributed by atoms with Gasteiger partial charge >= 0.3 is 5.97 Å². The molecule has 0 spiro atoms. The number of esters is 1. The van der Waals surface area contributed by atoms with Crippen molar-refractivity contribution in [2.75, 3.05) is 18.6 Å². The second kappa shape index (κ2) is 6.75. The molecule has 134 valence electrons. The largest absolute Gasteiger partial charge is 0.454 e. The molecular formula is C21H20FNO3. The summed E-state index contributed by atoms with van der Waals surface area (Å²) in [7, 11) is 1.90. The lowest BCUT2D eigenvalue weighted by molar-refractivity contribution is -0.117. The Morgan fingerprint density at radius 2 is 1.77 bits per heavy atom. The summed E-state index contributed by atoms with van der Waals surface area (Å²) in [5.41, 5.74) is 2.48. The Hall–Kier alpha value is -2.95. The Morgan fingerprint density at radius 1 is 1.12 bits per heavy atom. The van der Waals surface area contributed by atoms with Crippen LogP contribution in [0.15, 0.2) is 60.3 Å². The zero-order valence-corrected chi connectivity index (χ0v) is 15.0. The van der Waals surface area contributed by atoms with Crippen LogP contribution in [-0.4, -0.2) is 25.4 Å². The molecule has 0 aliphatic carbocycles. The summed E-state index contributed by atoms with van der Waals surface area (Å²) < 4.78 is 18.6. The fourth-order valence-corrected chi connectivity index (χ4v) is 3.29. The maximum absolute atomic E-state index is 13.6. The maximum Gasteiger partial charge on any atom is 0.341 e. The van der Waals surface area contributed by atoms with Crippen molar-refractivity contribution in [1.82, 2.24) is 0 Å². The predicted octanol–water partition coefficient (Wildman–Crippen LogP) is 3.86. The Labute approximate surface area is 151 Å². The van der Waals surface area contributed by atoms with E-state index in [1.54, 1.807) is 0 Å². The molecule has 2 aromatic carbocycles. The van der Waals surface area contributed by atoms with Gasteiger partial charge in [-0.1, -0.05) is 44.2 Å². The fourth-order valence-electron chi connectivity index (χ4n) is 3.29. The highest BCUT2D eigenvalue weighted by Gasteiger charge is 2.38. The smallest absolute Gasteiger partial charge is 0.341 e. The van der Waals surface area contributed by atoms with Gasteiger partial charge in [0.25, 0.3) is 0 Å². The first-order valence-corrected chi connectivity index (χ1v) is 8.32. The number of nitrogens with zero attached hydrogens (tertiary/aromatic N) is 1. The number of ether oxygens (including phenoxy) is 1. The Kier molecular flexibility index (Phi) is 4.64. The first-order valence-electron chi connectivity index (χ1n) is 8.32. The third kappa shape index (κ3) is 3.12. The van der Waals surface area contributed by atoms with Gasteiger partial charge < -0.3 is 9.64 Å². The van der Waals surface area contributed by atoms with E-state index >= 15 is 0 Å². The lowest BCUT2D eigenvalue weighted by atomic mass is 9.83. The number of para-hydroxylation sites is 1. The molecule has 0 radical (unpaired) electrons. The van der Waals surface area contributed by atoms with Crippen molar-refractivity contribution in [3.63, 3.8) is 0 Å². The van der Waals surface area contributed by atoms with Gasteiger partial charge in [0.05, 0.1) is 5.56 Å². The van der Waals surface area contributed by atoms with Crippen LogP contribution in [0.1, 0.15) is 29.8 Å². The molecule has 0 fully saturated rings. The van der Waals surface area contributed by atoms with Crippen LogP contribution in [-0.2, 0) is 14.9 Å². The number of carbonyl (C=O) groups is 2. The van der Waals surface area contributed by atoms with Crippen LogP contribution in [0.25, 0.3) is 0 Å². The number of halogens is 1. The van der Waals surface area contributed by atoms with E-state index in [0.29, 0.717) is 0 Å². The van der Waals surface area contributed by atoms with E-state index in [9.17, 15) is 14.0 Å². The normalized spacial score (nSPS) is 16.5. The number of rotatable bonds is 4. The molecule has 1 aliphatic heterocycles. The molecule has 0 aromatic heterocycles. The molecule has 0 amide bonds. The maximum atomic E-state index is 13.6. The minimum absolute atomic E-state index is 0.182. The second-order valence-corrected chi connectivity index (χ2v) is 6.75. The van der Waals surface area contributed by atoms with Crippen molar-refractivity contribution in [3.05, 3.63) is 77.2 Å². The van der Waals surface area contributed by atoms with Crippen LogP contribution < -0.4 is 4.90 Å². The molecule has 0 saturated heterocycles. The number of allylic oxidation sites excluding steroid dienone is 1. The van der Waals surface area contributed by atoms with Crippen molar-refractivity contribution in [3.8, 4) is 0 Å². The third-order valence-corrected chi connectivity index (χ3v) is 4.68. The second-order valence-electron chi connectivity index (χ2n) is 6.75. The van der Waals surface area contributed by atoms with Crippen LogP contribution in [0.2, 0.25) is 0 Å². The number of hydrogen-bond acceptors (Lipinski definition) is 4. The van der Waals surface area contributed by atoms with E-state index in [1.807, 2.05) is 50.1 Å². The molecule has 0 unspecified atom stereocenters. The highest BCUT2D eigenvalue weighted by molar-refractivity contribution is 5.96. The number of likely N-dealkylation sites (N-methyl/N-ethyl adjacent to an activating group) is 1. The van der Waals surface area contributed by atoms with Gasteiger partial charge in [0, 0.05) is 29.9 Å². The first-order chi connectivity index (χ1) is 12.3. The summed E-state index contributed by atoms with van der Waals surface area (Å²) in [6, 6.07) is 13.5. The van der Waals surface area contributed by atoms with Crippen LogP contribution in [0.4, 0.5) is 10.1 Å². The highest BCUT2D eigenvalue weighted by Crippen LogP contribution is 2.46. The Bertz CT molecular complexity index is 902. The van der Waals surface area contributed by atoms with Gasteiger partial charge in [0.2, 0.25) is 0 Å². The van der Waals surface area contributed by atoms with Crippen LogP contribution >= 0.6 is 0 Å². The monoisotopic (exact) mass is 353 g/mol. The summed E-state index contributed by atoms with van der Waals surface area (Å²) >= 11 is 0. The Balaban J connectivity index is 1.74. The average molecular weight is 353 g/mol. The standard InChI is InChI=1S/C21H20FNO3/c1-21(2)16-9-5-7-11-18(16)23(3)19(21)12-14(24)13-26-20(25)15-8-4-6-10-17(15)22/h4-12H,13H2,1-3H3/b19-12+. The highest BCUT2D eigenvalue weighted by atomic mass is 19.1. The number of carbonyl (C=O) groups excluding carboxylic acids is 2. The van der Waals surface area contributed by atoms with E-state index in [1.165, 1.54) is 30.3 Å². The minimum Gasteiger partial charge on any atom is -0.454 e. The molecule has 4 nitrogen and oxygen atoms in total. The first kappa shape index (κ1) is 17.9. The molecule has 1 heterocycles. The quantitative estimate of drug-likeness (QED) is 0.618. The zero-order valence-electron chi connectivity index (χ0n) is 15.0. The van der Waals surface area contributed by atoms with E-state index in [4.69, 9.17) is 4.74 Å². The fraction of sp³-hybridized carbons (Fsp3) is 0.238. The molecule has 1 aliphatic rings. The SMILES string of the molecule is CN1/C(=C/C(=O)COC(=O)c2ccccc2F)C(C)(C)c2ccccc21. The van der Waals surface area contributed by atoms with Gasteiger partial charge in [0.1, 0.15) is 5.82 Å². The predicted molar refractivity (Wildman–Crippen MR) is 97.6 cm³/mol. The Morgan fingerprint density at radius 3 is 2.46 bits per heavy atom. The molecule has 26 heavy (non-hydrogen) atoms. The van der Waals surface area contributed by atoms with Gasteiger partial charge in [-0.05, 0) is 23.8 Å². The average Bonchev–Trinajstić information content (AvgIpc) is 2.81. The van der Waals surface area contributed by atoms with Crippen molar-refractivity contribution in [2.24, 2.45) is 0 Å². The summed E-state index contributed by atoms with van der Waals surface area (Å²) in [4.78, 5) is 26.2. The molecule has 0 saturated carbocycles. The minimum atomic E-state index is -0.850. The molecule has 5 heteroatoms.